The topological polar surface area (TPSA) is 50.4 Å². The molecule has 3 N–H and O–H groups in total. The third kappa shape index (κ3) is 3.94. The molecule has 1 saturated carbocycles. The summed E-state index contributed by atoms with van der Waals surface area (Å²) in [5.74, 6) is 0.808. The van der Waals surface area contributed by atoms with Crippen molar-refractivity contribution in [1.82, 2.24) is 5.32 Å². The van der Waals surface area contributed by atoms with E-state index in [0.29, 0.717) is 11.9 Å². The van der Waals surface area contributed by atoms with Gasteiger partial charge in [-0.1, -0.05) is 12.1 Å². The first-order valence-corrected chi connectivity index (χ1v) is 6.70. The van der Waals surface area contributed by atoms with E-state index < -0.39 is 0 Å². The van der Waals surface area contributed by atoms with Crippen LogP contribution in [0.25, 0.3) is 0 Å². The summed E-state index contributed by atoms with van der Waals surface area (Å²) in [7, 11) is 0. The second-order valence-electron chi connectivity index (χ2n) is 6.26. The van der Waals surface area contributed by atoms with Gasteiger partial charge in [0.15, 0.2) is 5.96 Å². The number of guanidine groups is 1. The van der Waals surface area contributed by atoms with Crippen molar-refractivity contribution in [2.45, 2.75) is 51.1 Å². The fourth-order valence-electron chi connectivity index (χ4n) is 2.31. The van der Waals surface area contributed by atoms with E-state index in [1.807, 2.05) is 12.1 Å². The van der Waals surface area contributed by atoms with Crippen molar-refractivity contribution < 1.29 is 4.39 Å². The molecule has 0 spiro atoms. The molecule has 1 aromatic carbocycles. The highest BCUT2D eigenvalue weighted by Gasteiger charge is 2.30. The third-order valence-corrected chi connectivity index (χ3v) is 3.28. The van der Waals surface area contributed by atoms with Gasteiger partial charge in [-0.25, -0.2) is 4.39 Å². The summed E-state index contributed by atoms with van der Waals surface area (Å²) >= 11 is 0. The van der Waals surface area contributed by atoms with E-state index >= 15 is 0 Å². The number of nitrogens with one attached hydrogen (secondary N) is 1. The highest BCUT2D eigenvalue weighted by molar-refractivity contribution is 5.78. The lowest BCUT2D eigenvalue weighted by Crippen LogP contribution is -2.46. The molecule has 0 amide bonds. The molecule has 1 aromatic rings. The fraction of sp³-hybridized carbons (Fsp3) is 0.533. The van der Waals surface area contributed by atoms with Crippen LogP contribution >= 0.6 is 0 Å². The summed E-state index contributed by atoms with van der Waals surface area (Å²) in [5.41, 5.74) is 6.99. The SMILES string of the molecule is CC(C)(C)NC(N)=NC1CC(c2ccc(F)cc2)C1. The Morgan fingerprint density at radius 1 is 1.26 bits per heavy atom. The minimum atomic E-state index is -0.184. The maximum absolute atomic E-state index is 12.8. The predicted molar refractivity (Wildman–Crippen MR) is 76.7 cm³/mol. The van der Waals surface area contributed by atoms with Crippen LogP contribution in [-0.4, -0.2) is 17.5 Å². The maximum Gasteiger partial charge on any atom is 0.189 e. The Kier molecular flexibility index (Phi) is 3.78. The van der Waals surface area contributed by atoms with Crippen LogP contribution in [0.2, 0.25) is 0 Å². The summed E-state index contributed by atoms with van der Waals surface area (Å²) < 4.78 is 12.8. The highest BCUT2D eigenvalue weighted by Crippen LogP contribution is 2.38. The van der Waals surface area contributed by atoms with Crippen molar-refractivity contribution in [2.24, 2.45) is 10.7 Å². The number of halogens is 1. The number of nitrogens with two attached hydrogens (primary N) is 1. The van der Waals surface area contributed by atoms with E-state index in [1.165, 1.54) is 17.7 Å². The molecule has 0 aromatic heterocycles. The van der Waals surface area contributed by atoms with Gasteiger partial charge >= 0.3 is 0 Å². The van der Waals surface area contributed by atoms with Gasteiger partial charge in [-0.2, -0.15) is 0 Å². The monoisotopic (exact) mass is 263 g/mol. The average molecular weight is 263 g/mol. The Balaban J connectivity index is 1.86. The number of rotatable bonds is 2. The van der Waals surface area contributed by atoms with Crippen LogP contribution in [0.5, 0.6) is 0 Å². The zero-order valence-corrected chi connectivity index (χ0v) is 11.8. The number of hydrogen-bond acceptors (Lipinski definition) is 1. The number of aliphatic imine (C=N–C) groups is 1. The van der Waals surface area contributed by atoms with Gasteiger partial charge in [0.1, 0.15) is 5.82 Å². The summed E-state index contributed by atoms with van der Waals surface area (Å²) in [6.45, 7) is 6.16. The van der Waals surface area contributed by atoms with E-state index in [-0.39, 0.29) is 17.4 Å². The Labute approximate surface area is 114 Å². The van der Waals surface area contributed by atoms with E-state index in [4.69, 9.17) is 5.73 Å². The van der Waals surface area contributed by atoms with E-state index in [0.717, 1.165) is 12.8 Å². The van der Waals surface area contributed by atoms with Crippen molar-refractivity contribution in [3.8, 4) is 0 Å². The predicted octanol–water partition coefficient (Wildman–Crippen LogP) is 2.77. The van der Waals surface area contributed by atoms with Crippen LogP contribution in [0.1, 0.15) is 45.1 Å². The molecule has 19 heavy (non-hydrogen) atoms. The molecular formula is C15H22FN3. The van der Waals surface area contributed by atoms with Gasteiger partial charge in [0.25, 0.3) is 0 Å². The lowest BCUT2D eigenvalue weighted by atomic mass is 9.76. The standard InChI is InChI=1S/C15H22FN3/c1-15(2,3)19-14(17)18-13-8-11(9-13)10-4-6-12(16)7-5-10/h4-7,11,13H,8-9H2,1-3H3,(H3,17,18,19). The molecule has 0 atom stereocenters. The normalized spacial score (nSPS) is 23.9. The first-order chi connectivity index (χ1) is 8.83. The lowest BCUT2D eigenvalue weighted by molar-refractivity contribution is 0.351. The van der Waals surface area contributed by atoms with Gasteiger partial charge in [-0.15, -0.1) is 0 Å². The minimum absolute atomic E-state index is 0.0618. The highest BCUT2D eigenvalue weighted by atomic mass is 19.1. The lowest BCUT2D eigenvalue weighted by Gasteiger charge is -2.33. The van der Waals surface area contributed by atoms with Gasteiger partial charge in [-0.05, 0) is 57.2 Å². The van der Waals surface area contributed by atoms with Crippen LogP contribution in [0.3, 0.4) is 0 Å². The van der Waals surface area contributed by atoms with Gasteiger partial charge < -0.3 is 11.1 Å². The van der Waals surface area contributed by atoms with Crippen molar-refractivity contribution in [2.75, 3.05) is 0 Å². The maximum atomic E-state index is 12.8. The fourth-order valence-corrected chi connectivity index (χ4v) is 2.31. The summed E-state index contributed by atoms with van der Waals surface area (Å²) in [6, 6.07) is 7.03. The smallest absolute Gasteiger partial charge is 0.189 e. The average Bonchev–Trinajstić information content (AvgIpc) is 2.22. The van der Waals surface area contributed by atoms with Crippen molar-refractivity contribution in [3.63, 3.8) is 0 Å². The minimum Gasteiger partial charge on any atom is -0.370 e. The second-order valence-corrected chi connectivity index (χ2v) is 6.26. The molecule has 4 heteroatoms. The van der Waals surface area contributed by atoms with Crippen LogP contribution in [0, 0.1) is 5.82 Å². The molecule has 0 radical (unpaired) electrons. The Hall–Kier alpha value is -1.58. The number of hydrogen-bond donors (Lipinski definition) is 2. The van der Waals surface area contributed by atoms with Gasteiger partial charge in [0.05, 0.1) is 6.04 Å². The van der Waals surface area contributed by atoms with Crippen LogP contribution in [-0.2, 0) is 0 Å². The van der Waals surface area contributed by atoms with Crippen LogP contribution in [0.4, 0.5) is 4.39 Å². The largest absolute Gasteiger partial charge is 0.370 e. The molecule has 0 bridgehead atoms. The van der Waals surface area contributed by atoms with Gasteiger partial charge in [-0.3, -0.25) is 4.99 Å². The molecule has 2 rings (SSSR count). The number of nitrogens with zero attached hydrogens (tertiary/aromatic N) is 1. The van der Waals surface area contributed by atoms with Gasteiger partial charge in [0, 0.05) is 5.54 Å². The molecule has 1 fully saturated rings. The summed E-state index contributed by atoms with van der Waals surface area (Å²) in [5, 5.41) is 3.16. The first kappa shape index (κ1) is 13.8. The Morgan fingerprint density at radius 2 is 1.84 bits per heavy atom. The second kappa shape index (κ2) is 5.19. The quantitative estimate of drug-likeness (QED) is 0.637. The Morgan fingerprint density at radius 3 is 2.37 bits per heavy atom. The molecular weight excluding hydrogens is 241 g/mol. The molecule has 1 aliphatic rings. The van der Waals surface area contributed by atoms with E-state index in [1.54, 1.807) is 0 Å². The van der Waals surface area contributed by atoms with Crippen molar-refractivity contribution in [1.29, 1.82) is 0 Å². The van der Waals surface area contributed by atoms with Crippen LogP contribution < -0.4 is 11.1 Å². The summed E-state index contributed by atoms with van der Waals surface area (Å²) in [4.78, 5) is 4.47. The zero-order valence-electron chi connectivity index (χ0n) is 11.8. The van der Waals surface area contributed by atoms with Crippen molar-refractivity contribution >= 4 is 5.96 Å². The van der Waals surface area contributed by atoms with Crippen molar-refractivity contribution in [3.05, 3.63) is 35.6 Å². The Bertz CT molecular complexity index is 453. The number of benzene rings is 1. The van der Waals surface area contributed by atoms with E-state index in [2.05, 4.69) is 31.1 Å². The zero-order chi connectivity index (χ0) is 14.0. The molecule has 0 saturated heterocycles. The molecule has 0 aliphatic heterocycles. The molecule has 1 aliphatic carbocycles. The van der Waals surface area contributed by atoms with Crippen LogP contribution in [0.15, 0.2) is 29.3 Å². The first-order valence-electron chi connectivity index (χ1n) is 6.70. The molecule has 3 nitrogen and oxygen atoms in total. The summed E-state index contributed by atoms with van der Waals surface area (Å²) in [6.07, 6.45) is 1.97. The third-order valence-electron chi connectivity index (χ3n) is 3.28. The molecule has 104 valence electrons. The van der Waals surface area contributed by atoms with E-state index in [9.17, 15) is 4.39 Å². The molecule has 0 unspecified atom stereocenters. The molecule has 0 heterocycles. The van der Waals surface area contributed by atoms with Gasteiger partial charge in [0.2, 0.25) is 0 Å².